The molecule has 2 amide bonds. The third kappa shape index (κ3) is 3.01. The van der Waals surface area contributed by atoms with Crippen molar-refractivity contribution in [2.75, 3.05) is 19.7 Å². The van der Waals surface area contributed by atoms with Gasteiger partial charge in [0.1, 0.15) is 6.61 Å². The maximum Gasteiger partial charge on any atom is 0.410 e. The van der Waals surface area contributed by atoms with E-state index in [9.17, 15) is 9.59 Å². The van der Waals surface area contributed by atoms with Gasteiger partial charge in [0.2, 0.25) is 0 Å². The lowest BCUT2D eigenvalue weighted by atomic mass is 10.0. The zero-order valence-electron chi connectivity index (χ0n) is 12.5. The Morgan fingerprint density at radius 2 is 2.14 bits per heavy atom. The van der Waals surface area contributed by atoms with E-state index in [2.05, 4.69) is 22.9 Å². The summed E-state index contributed by atoms with van der Waals surface area (Å²) in [4.78, 5) is 28.9. The van der Waals surface area contributed by atoms with Crippen molar-refractivity contribution in [2.45, 2.75) is 38.3 Å². The van der Waals surface area contributed by atoms with E-state index in [0.717, 1.165) is 27.9 Å². The molecular formula is C15H19BrN2O3S. The lowest BCUT2D eigenvalue weighted by Gasteiger charge is -2.37. The Labute approximate surface area is 142 Å². The van der Waals surface area contributed by atoms with Crippen LogP contribution in [-0.2, 0) is 4.74 Å². The van der Waals surface area contributed by atoms with Crippen LogP contribution in [0, 0.1) is 0 Å². The minimum Gasteiger partial charge on any atom is -0.447 e. The Bertz CT molecular complexity index is 569. The Morgan fingerprint density at radius 3 is 2.73 bits per heavy atom. The Kier molecular flexibility index (Phi) is 4.73. The van der Waals surface area contributed by atoms with Gasteiger partial charge in [0.15, 0.2) is 0 Å². The average Bonchev–Trinajstić information content (AvgIpc) is 3.12. The smallest absolute Gasteiger partial charge is 0.410 e. The SMILES string of the molecule is CCC1COC(=O)N1C1CCN(C(=O)c2ccc(Br)s2)CC1. The monoisotopic (exact) mass is 386 g/mol. The third-order valence-electron chi connectivity index (χ3n) is 4.40. The number of carbonyl (C=O) groups excluding carboxylic acids is 2. The van der Waals surface area contributed by atoms with Crippen LogP contribution in [0.4, 0.5) is 4.79 Å². The molecule has 120 valence electrons. The van der Waals surface area contributed by atoms with Crippen LogP contribution in [0.2, 0.25) is 0 Å². The summed E-state index contributed by atoms with van der Waals surface area (Å²) in [6.45, 7) is 3.96. The first-order valence-corrected chi connectivity index (χ1v) is 9.20. The highest BCUT2D eigenvalue weighted by molar-refractivity contribution is 9.11. The van der Waals surface area contributed by atoms with E-state index in [1.807, 2.05) is 21.9 Å². The first kappa shape index (κ1) is 15.8. The minimum atomic E-state index is -0.196. The number of likely N-dealkylation sites (tertiary alicyclic amines) is 1. The number of nitrogens with zero attached hydrogens (tertiary/aromatic N) is 2. The van der Waals surface area contributed by atoms with Crippen LogP contribution in [0.5, 0.6) is 0 Å². The normalized spacial score (nSPS) is 23.0. The van der Waals surface area contributed by atoms with Gasteiger partial charge in [-0.25, -0.2) is 4.79 Å². The van der Waals surface area contributed by atoms with E-state index in [4.69, 9.17) is 4.74 Å². The maximum absolute atomic E-state index is 12.4. The number of carbonyl (C=O) groups is 2. The van der Waals surface area contributed by atoms with E-state index < -0.39 is 0 Å². The van der Waals surface area contributed by atoms with E-state index in [1.165, 1.54) is 11.3 Å². The van der Waals surface area contributed by atoms with Crippen LogP contribution in [0.1, 0.15) is 35.9 Å². The molecule has 1 aromatic heterocycles. The molecule has 0 N–H and O–H groups in total. The number of cyclic esters (lactones) is 1. The molecule has 22 heavy (non-hydrogen) atoms. The van der Waals surface area contributed by atoms with E-state index in [1.54, 1.807) is 0 Å². The van der Waals surface area contributed by atoms with Gasteiger partial charge in [0.25, 0.3) is 5.91 Å². The number of halogens is 1. The molecule has 1 unspecified atom stereocenters. The van der Waals surface area contributed by atoms with Gasteiger partial charge in [0.05, 0.1) is 14.7 Å². The van der Waals surface area contributed by atoms with E-state index in [0.29, 0.717) is 19.7 Å². The predicted octanol–water partition coefficient (Wildman–Crippen LogP) is 3.35. The number of hydrogen-bond acceptors (Lipinski definition) is 4. The standard InChI is InChI=1S/C15H19BrN2O3S/c1-2-10-9-21-15(20)18(10)11-5-7-17(8-6-11)14(19)12-3-4-13(16)22-12/h3-4,10-11H,2,5-9H2,1H3. The average molecular weight is 387 g/mol. The number of piperidine rings is 1. The summed E-state index contributed by atoms with van der Waals surface area (Å²) >= 11 is 4.85. The second-order valence-electron chi connectivity index (χ2n) is 5.67. The van der Waals surface area contributed by atoms with Crippen molar-refractivity contribution < 1.29 is 14.3 Å². The van der Waals surface area contributed by atoms with E-state index >= 15 is 0 Å². The molecule has 2 aliphatic rings. The van der Waals surface area contributed by atoms with Crippen LogP contribution in [0.3, 0.4) is 0 Å². The van der Waals surface area contributed by atoms with Crippen molar-refractivity contribution in [1.29, 1.82) is 0 Å². The summed E-state index contributed by atoms with van der Waals surface area (Å²) in [6.07, 6.45) is 2.36. The second kappa shape index (κ2) is 6.58. The predicted molar refractivity (Wildman–Crippen MR) is 88.2 cm³/mol. The van der Waals surface area contributed by atoms with Crippen LogP contribution in [0.15, 0.2) is 15.9 Å². The van der Waals surface area contributed by atoms with Gasteiger partial charge >= 0.3 is 6.09 Å². The van der Waals surface area contributed by atoms with Gasteiger partial charge in [-0.3, -0.25) is 9.69 Å². The number of ether oxygens (including phenoxy) is 1. The van der Waals surface area contributed by atoms with Crippen molar-refractivity contribution in [3.05, 3.63) is 20.8 Å². The molecule has 3 rings (SSSR count). The summed E-state index contributed by atoms with van der Waals surface area (Å²) in [5.41, 5.74) is 0. The topological polar surface area (TPSA) is 49.9 Å². The number of rotatable bonds is 3. The van der Waals surface area contributed by atoms with Crippen LogP contribution >= 0.6 is 27.3 Å². The first-order valence-electron chi connectivity index (χ1n) is 7.60. The minimum absolute atomic E-state index is 0.0881. The van der Waals surface area contributed by atoms with Crippen molar-refractivity contribution >= 4 is 39.3 Å². The molecule has 2 saturated heterocycles. The Balaban J connectivity index is 1.60. The van der Waals surface area contributed by atoms with Gasteiger partial charge in [-0.15, -0.1) is 11.3 Å². The van der Waals surface area contributed by atoms with Crippen LogP contribution in [0.25, 0.3) is 0 Å². The molecular weight excluding hydrogens is 368 g/mol. The largest absolute Gasteiger partial charge is 0.447 e. The summed E-state index contributed by atoms with van der Waals surface area (Å²) in [7, 11) is 0. The lowest BCUT2D eigenvalue weighted by Crippen LogP contribution is -2.49. The summed E-state index contributed by atoms with van der Waals surface area (Å²) in [5, 5.41) is 0. The molecule has 0 spiro atoms. The summed E-state index contributed by atoms with van der Waals surface area (Å²) in [6, 6.07) is 4.14. The fraction of sp³-hybridized carbons (Fsp3) is 0.600. The van der Waals surface area contributed by atoms with Crippen molar-refractivity contribution in [1.82, 2.24) is 9.80 Å². The molecule has 7 heteroatoms. The summed E-state index contributed by atoms with van der Waals surface area (Å²) in [5.74, 6) is 0.0881. The molecule has 0 bridgehead atoms. The van der Waals surface area contributed by atoms with Crippen LogP contribution < -0.4 is 0 Å². The highest BCUT2D eigenvalue weighted by Crippen LogP contribution is 2.28. The van der Waals surface area contributed by atoms with Gasteiger partial charge in [-0.05, 0) is 47.3 Å². The molecule has 1 aromatic rings. The van der Waals surface area contributed by atoms with Gasteiger partial charge in [0, 0.05) is 19.1 Å². The van der Waals surface area contributed by atoms with Crippen molar-refractivity contribution in [3.63, 3.8) is 0 Å². The molecule has 2 aliphatic heterocycles. The van der Waals surface area contributed by atoms with Crippen molar-refractivity contribution in [3.8, 4) is 0 Å². The molecule has 0 radical (unpaired) electrons. The molecule has 0 aliphatic carbocycles. The third-order valence-corrected chi connectivity index (χ3v) is 6.02. The van der Waals surface area contributed by atoms with Gasteiger partial charge in [-0.2, -0.15) is 0 Å². The first-order chi connectivity index (χ1) is 10.6. The van der Waals surface area contributed by atoms with Crippen LogP contribution in [-0.4, -0.2) is 53.6 Å². The quantitative estimate of drug-likeness (QED) is 0.800. The van der Waals surface area contributed by atoms with Gasteiger partial charge in [-0.1, -0.05) is 6.92 Å². The van der Waals surface area contributed by atoms with E-state index in [-0.39, 0.29) is 24.1 Å². The lowest BCUT2D eigenvalue weighted by molar-refractivity contribution is 0.0640. The second-order valence-corrected chi connectivity index (χ2v) is 8.14. The maximum atomic E-state index is 12.4. The Hall–Kier alpha value is -1.08. The highest BCUT2D eigenvalue weighted by atomic mass is 79.9. The molecule has 5 nitrogen and oxygen atoms in total. The molecule has 0 saturated carbocycles. The fourth-order valence-electron chi connectivity index (χ4n) is 3.17. The molecule has 3 heterocycles. The highest BCUT2D eigenvalue weighted by Gasteiger charge is 2.39. The zero-order chi connectivity index (χ0) is 15.7. The Morgan fingerprint density at radius 1 is 1.41 bits per heavy atom. The molecule has 2 fully saturated rings. The molecule has 1 atom stereocenters. The zero-order valence-corrected chi connectivity index (χ0v) is 14.9. The molecule has 0 aromatic carbocycles. The number of amides is 2. The van der Waals surface area contributed by atoms with Crippen molar-refractivity contribution in [2.24, 2.45) is 0 Å². The summed E-state index contributed by atoms with van der Waals surface area (Å²) < 4.78 is 6.14. The van der Waals surface area contributed by atoms with Gasteiger partial charge < -0.3 is 9.64 Å². The number of thiophene rings is 1. The fourth-order valence-corrected chi connectivity index (χ4v) is 4.52. The number of hydrogen-bond donors (Lipinski definition) is 0.